The average Bonchev–Trinajstić information content (AvgIpc) is 3.55. The van der Waals surface area contributed by atoms with Crippen LogP contribution in [0, 0.1) is 29.0 Å². The summed E-state index contributed by atoms with van der Waals surface area (Å²) in [6.45, 7) is 4.34. The standard InChI is InChI=1S/C29H26Cl2FN3O3S/c1-14(2)27-19(25(35-38-27)24-20(30)4-3-5-21(24)31)13-37-18-10-16-6-7-17(11-18)29(16,36)28-34-26-22(32)8-15(12-33)9-23(26)39-28/h3-5,8-9,14,16-18,36H,6-7,10-11,13H2,1-2H3. The predicted molar refractivity (Wildman–Crippen MR) is 148 cm³/mol. The maximum atomic E-state index is 14.6. The molecule has 0 saturated heterocycles. The number of thiazole rings is 1. The van der Waals surface area contributed by atoms with Crippen molar-refractivity contribution in [1.82, 2.24) is 10.1 Å². The Morgan fingerprint density at radius 1 is 1.23 bits per heavy atom. The lowest BCUT2D eigenvalue weighted by molar-refractivity contribution is -0.116. The van der Waals surface area contributed by atoms with Crippen LogP contribution in [0.5, 0.6) is 0 Å². The smallest absolute Gasteiger partial charge is 0.151 e. The maximum Gasteiger partial charge on any atom is 0.151 e. The van der Waals surface area contributed by atoms with E-state index in [1.54, 1.807) is 24.3 Å². The number of hydrogen-bond donors (Lipinski definition) is 1. The molecule has 1 N–H and O–H groups in total. The van der Waals surface area contributed by atoms with E-state index in [4.69, 9.17) is 32.5 Å². The summed E-state index contributed by atoms with van der Waals surface area (Å²) in [5.41, 5.74) is 1.34. The summed E-state index contributed by atoms with van der Waals surface area (Å²) >= 11 is 14.2. The first kappa shape index (κ1) is 26.7. The summed E-state index contributed by atoms with van der Waals surface area (Å²) in [5.74, 6) is 0.141. The van der Waals surface area contributed by atoms with Gasteiger partial charge >= 0.3 is 0 Å². The second-order valence-corrected chi connectivity index (χ2v) is 12.6. The van der Waals surface area contributed by atoms with Gasteiger partial charge in [-0.25, -0.2) is 9.37 Å². The molecule has 2 unspecified atom stereocenters. The number of rotatable bonds is 6. The highest BCUT2D eigenvalue weighted by atomic mass is 35.5. The predicted octanol–water partition coefficient (Wildman–Crippen LogP) is 7.99. The van der Waals surface area contributed by atoms with Crippen molar-refractivity contribution in [3.05, 3.63) is 68.1 Å². The van der Waals surface area contributed by atoms with E-state index in [2.05, 4.69) is 10.1 Å². The highest BCUT2D eigenvalue weighted by Crippen LogP contribution is 2.57. The molecule has 2 aliphatic rings. The third kappa shape index (κ3) is 4.45. The van der Waals surface area contributed by atoms with Gasteiger partial charge in [-0.2, -0.15) is 5.26 Å². The fourth-order valence-corrected chi connectivity index (χ4v) is 8.09. The van der Waals surface area contributed by atoms with Crippen molar-refractivity contribution in [3.8, 4) is 17.3 Å². The lowest BCUT2D eigenvalue weighted by atomic mass is 9.73. The molecule has 39 heavy (non-hydrogen) atoms. The molecule has 2 aliphatic carbocycles. The number of ether oxygens (including phenoxy) is 1. The van der Waals surface area contributed by atoms with Crippen LogP contribution in [0.15, 0.2) is 34.9 Å². The van der Waals surface area contributed by atoms with Crippen LogP contribution in [-0.2, 0) is 16.9 Å². The van der Waals surface area contributed by atoms with Crippen molar-refractivity contribution in [2.45, 2.75) is 63.8 Å². The van der Waals surface area contributed by atoms with Gasteiger partial charge in [-0.05, 0) is 61.8 Å². The van der Waals surface area contributed by atoms with Crippen LogP contribution in [0.2, 0.25) is 10.0 Å². The molecule has 0 spiro atoms. The number of fused-ring (bicyclic) bond motifs is 3. The van der Waals surface area contributed by atoms with Crippen LogP contribution < -0.4 is 0 Å². The molecular weight excluding hydrogens is 560 g/mol. The van der Waals surface area contributed by atoms with Crippen LogP contribution in [0.3, 0.4) is 0 Å². The van der Waals surface area contributed by atoms with Crippen molar-refractivity contribution >= 4 is 44.8 Å². The highest BCUT2D eigenvalue weighted by molar-refractivity contribution is 7.18. The minimum atomic E-state index is -1.14. The van der Waals surface area contributed by atoms with E-state index in [1.807, 2.05) is 19.9 Å². The molecule has 2 aromatic heterocycles. The fraction of sp³-hybridized carbons (Fsp3) is 0.414. The number of benzene rings is 2. The molecule has 2 heterocycles. The molecule has 202 valence electrons. The summed E-state index contributed by atoms with van der Waals surface area (Å²) in [5, 5.41) is 27.0. The van der Waals surface area contributed by atoms with Crippen LogP contribution in [0.4, 0.5) is 4.39 Å². The summed E-state index contributed by atoms with van der Waals surface area (Å²) in [6.07, 6.45) is 2.91. The number of aromatic nitrogens is 2. The van der Waals surface area contributed by atoms with Gasteiger partial charge < -0.3 is 14.4 Å². The van der Waals surface area contributed by atoms with Gasteiger partial charge in [-0.3, -0.25) is 0 Å². The van der Waals surface area contributed by atoms with Gasteiger partial charge in [0.15, 0.2) is 5.82 Å². The van der Waals surface area contributed by atoms with Crippen LogP contribution >= 0.6 is 34.5 Å². The molecule has 4 aromatic rings. The quantitative estimate of drug-likeness (QED) is 0.246. The summed E-state index contributed by atoms with van der Waals surface area (Å²) < 4.78 is 27.4. The zero-order valence-corrected chi connectivity index (χ0v) is 23.7. The molecule has 2 bridgehead atoms. The lowest BCUT2D eigenvalue weighted by Gasteiger charge is -2.41. The van der Waals surface area contributed by atoms with E-state index in [-0.39, 0.29) is 41.5 Å². The van der Waals surface area contributed by atoms with E-state index < -0.39 is 11.4 Å². The Morgan fingerprint density at radius 2 is 1.92 bits per heavy atom. The van der Waals surface area contributed by atoms with Crippen molar-refractivity contribution in [2.24, 2.45) is 11.8 Å². The highest BCUT2D eigenvalue weighted by Gasteiger charge is 2.56. The number of hydrogen-bond acceptors (Lipinski definition) is 7. The topological polar surface area (TPSA) is 92.2 Å². The molecule has 0 radical (unpaired) electrons. The third-order valence-corrected chi connectivity index (χ3v) is 9.90. The third-order valence-electron chi connectivity index (χ3n) is 8.13. The Balaban J connectivity index is 1.25. The number of nitriles is 1. The van der Waals surface area contributed by atoms with E-state index in [1.165, 1.54) is 17.4 Å². The van der Waals surface area contributed by atoms with Crippen molar-refractivity contribution < 1.29 is 18.8 Å². The molecule has 2 atom stereocenters. The molecule has 6 nitrogen and oxygen atoms in total. The van der Waals surface area contributed by atoms with Gasteiger partial charge in [0, 0.05) is 17.0 Å². The Bertz CT molecular complexity index is 1580. The number of halogens is 3. The van der Waals surface area contributed by atoms with Crippen molar-refractivity contribution in [2.75, 3.05) is 0 Å². The molecule has 6 rings (SSSR count). The Kier molecular flexibility index (Phi) is 6.93. The summed E-state index contributed by atoms with van der Waals surface area (Å²) in [6, 6.07) is 10.1. The lowest BCUT2D eigenvalue weighted by Crippen LogP contribution is -2.44. The minimum absolute atomic E-state index is 0.0650. The average molecular weight is 587 g/mol. The monoisotopic (exact) mass is 585 g/mol. The number of nitrogens with zero attached hydrogens (tertiary/aromatic N) is 3. The number of aliphatic hydroxyl groups is 1. The Labute approximate surface area is 239 Å². The summed E-state index contributed by atoms with van der Waals surface area (Å²) in [7, 11) is 0. The van der Waals surface area contributed by atoms with E-state index in [9.17, 15) is 14.8 Å². The second kappa shape index (κ2) is 10.1. The van der Waals surface area contributed by atoms with Crippen molar-refractivity contribution in [3.63, 3.8) is 0 Å². The second-order valence-electron chi connectivity index (χ2n) is 10.8. The molecule has 2 saturated carbocycles. The van der Waals surface area contributed by atoms with Crippen LogP contribution in [0.25, 0.3) is 21.5 Å². The zero-order chi connectivity index (χ0) is 27.5. The minimum Gasteiger partial charge on any atom is -0.382 e. The first-order valence-electron chi connectivity index (χ1n) is 13.0. The maximum absolute atomic E-state index is 14.6. The largest absolute Gasteiger partial charge is 0.382 e. The molecular formula is C29H26Cl2FN3O3S. The van der Waals surface area contributed by atoms with Crippen molar-refractivity contribution in [1.29, 1.82) is 5.26 Å². The van der Waals surface area contributed by atoms with Gasteiger partial charge in [0.25, 0.3) is 0 Å². The SMILES string of the molecule is CC(C)c1onc(-c2c(Cl)cccc2Cl)c1COC1CC2CCC(C1)C2(O)c1nc2c(F)cc(C#N)cc2s1. The fourth-order valence-electron chi connectivity index (χ4n) is 6.25. The van der Waals surface area contributed by atoms with Crippen LogP contribution in [-0.4, -0.2) is 21.4 Å². The van der Waals surface area contributed by atoms with Gasteiger partial charge in [0.2, 0.25) is 0 Å². The normalized spacial score (nSPS) is 24.5. The Hall–Kier alpha value is -2.54. The van der Waals surface area contributed by atoms with Gasteiger partial charge in [-0.15, -0.1) is 11.3 Å². The summed E-state index contributed by atoms with van der Waals surface area (Å²) in [4.78, 5) is 4.53. The Morgan fingerprint density at radius 3 is 2.56 bits per heavy atom. The molecule has 0 amide bonds. The molecule has 2 fully saturated rings. The van der Waals surface area contributed by atoms with Gasteiger partial charge in [0.05, 0.1) is 39.1 Å². The first-order chi connectivity index (χ1) is 18.7. The van der Waals surface area contributed by atoms with Gasteiger partial charge in [0.1, 0.15) is 27.6 Å². The van der Waals surface area contributed by atoms with E-state index in [0.717, 1.165) is 24.2 Å². The molecule has 0 aliphatic heterocycles. The molecule has 10 heteroatoms. The van der Waals surface area contributed by atoms with Gasteiger partial charge in [-0.1, -0.05) is 48.3 Å². The van der Waals surface area contributed by atoms with E-state index in [0.29, 0.717) is 43.9 Å². The zero-order valence-electron chi connectivity index (χ0n) is 21.4. The molecule has 2 aromatic carbocycles. The van der Waals surface area contributed by atoms with Crippen LogP contribution in [0.1, 0.15) is 67.3 Å². The first-order valence-corrected chi connectivity index (χ1v) is 14.5. The van der Waals surface area contributed by atoms with E-state index >= 15 is 0 Å².